The van der Waals surface area contributed by atoms with Crippen molar-refractivity contribution in [2.75, 3.05) is 5.32 Å². The molecule has 0 fully saturated rings. The van der Waals surface area contributed by atoms with Gasteiger partial charge in [0, 0.05) is 12.3 Å². The van der Waals surface area contributed by atoms with E-state index in [-0.39, 0.29) is 18.7 Å². The highest BCUT2D eigenvalue weighted by molar-refractivity contribution is 7.13. The van der Waals surface area contributed by atoms with Crippen LogP contribution in [0.4, 0.5) is 9.52 Å². The van der Waals surface area contributed by atoms with Gasteiger partial charge in [0.1, 0.15) is 11.3 Å². The average molecular weight is 309 g/mol. The Bertz CT molecular complexity index is 616. The van der Waals surface area contributed by atoms with Gasteiger partial charge in [0.2, 0.25) is 11.0 Å². The number of benzene rings is 1. The Morgan fingerprint density at radius 1 is 1.29 bits per heavy atom. The molecule has 2 aromatic rings. The van der Waals surface area contributed by atoms with E-state index >= 15 is 0 Å². The first-order chi connectivity index (χ1) is 10.0. The molecule has 2 rings (SSSR count). The van der Waals surface area contributed by atoms with Crippen LogP contribution in [0.25, 0.3) is 0 Å². The Morgan fingerprint density at radius 3 is 2.57 bits per heavy atom. The lowest BCUT2D eigenvalue weighted by atomic mass is 9.92. The van der Waals surface area contributed by atoms with Gasteiger partial charge in [0.25, 0.3) is 0 Å². The lowest BCUT2D eigenvalue weighted by molar-refractivity contribution is -0.137. The Morgan fingerprint density at radius 2 is 2.00 bits per heavy atom. The molecule has 1 aromatic carbocycles. The van der Waals surface area contributed by atoms with Gasteiger partial charge in [-0.25, -0.2) is 4.39 Å². The molecule has 0 bridgehead atoms. The van der Waals surface area contributed by atoms with Crippen LogP contribution in [-0.4, -0.2) is 27.2 Å². The number of aromatic nitrogens is 2. The number of carbonyl (C=O) groups excluding carboxylic acids is 1. The first kappa shape index (κ1) is 15.0. The van der Waals surface area contributed by atoms with Gasteiger partial charge in [-0.3, -0.25) is 9.59 Å². The fourth-order valence-corrected chi connectivity index (χ4v) is 2.34. The van der Waals surface area contributed by atoms with E-state index in [0.717, 1.165) is 0 Å². The van der Waals surface area contributed by atoms with Gasteiger partial charge in [0.05, 0.1) is 6.42 Å². The summed E-state index contributed by atoms with van der Waals surface area (Å²) in [5.41, 5.74) is 2.08. The van der Waals surface area contributed by atoms with Gasteiger partial charge in [-0.1, -0.05) is 23.5 Å². The third-order valence-corrected chi connectivity index (χ3v) is 3.41. The summed E-state index contributed by atoms with van der Waals surface area (Å²) in [4.78, 5) is 22.8. The van der Waals surface area contributed by atoms with Crippen LogP contribution in [0.15, 0.2) is 29.8 Å². The van der Waals surface area contributed by atoms with E-state index < -0.39 is 17.7 Å². The van der Waals surface area contributed by atoms with Gasteiger partial charge >= 0.3 is 5.97 Å². The number of aliphatic carboxylic acids is 1. The summed E-state index contributed by atoms with van der Waals surface area (Å²) in [6.45, 7) is 0. The highest BCUT2D eigenvalue weighted by atomic mass is 32.1. The molecule has 1 amide bonds. The van der Waals surface area contributed by atoms with Crippen LogP contribution in [-0.2, 0) is 9.59 Å². The molecule has 1 heterocycles. The van der Waals surface area contributed by atoms with Crippen molar-refractivity contribution >= 4 is 28.3 Å². The van der Waals surface area contributed by atoms with Gasteiger partial charge in [-0.2, -0.15) is 0 Å². The zero-order valence-corrected chi connectivity index (χ0v) is 11.6. The lowest BCUT2D eigenvalue weighted by Gasteiger charge is -2.14. The molecule has 0 radical (unpaired) electrons. The molecule has 0 aliphatic carbocycles. The molecule has 110 valence electrons. The van der Waals surface area contributed by atoms with Crippen molar-refractivity contribution in [3.63, 3.8) is 0 Å². The minimum atomic E-state index is -1.02. The fraction of sp³-hybridized carbons (Fsp3) is 0.231. The van der Waals surface area contributed by atoms with Crippen molar-refractivity contribution in [3.8, 4) is 0 Å². The lowest BCUT2D eigenvalue weighted by Crippen LogP contribution is -2.17. The minimum Gasteiger partial charge on any atom is -0.481 e. The number of rotatable bonds is 6. The summed E-state index contributed by atoms with van der Waals surface area (Å²) in [6, 6.07) is 5.46. The third kappa shape index (κ3) is 4.60. The highest BCUT2D eigenvalue weighted by Gasteiger charge is 2.20. The monoisotopic (exact) mass is 309 g/mol. The van der Waals surface area contributed by atoms with Gasteiger partial charge in [0.15, 0.2) is 0 Å². The molecule has 0 saturated carbocycles. The number of amides is 1. The Balaban J connectivity index is 2.07. The number of hydrogen-bond acceptors (Lipinski definition) is 5. The summed E-state index contributed by atoms with van der Waals surface area (Å²) in [5, 5.41) is 19.1. The number of carboxylic acids is 1. The maximum absolute atomic E-state index is 12.9. The van der Waals surface area contributed by atoms with E-state index in [0.29, 0.717) is 10.7 Å². The van der Waals surface area contributed by atoms with E-state index in [9.17, 15) is 14.0 Å². The molecular formula is C13H12FN3O3S. The van der Waals surface area contributed by atoms with Gasteiger partial charge in [-0.15, -0.1) is 10.2 Å². The zero-order chi connectivity index (χ0) is 15.2. The van der Waals surface area contributed by atoms with Crippen LogP contribution < -0.4 is 5.32 Å². The molecule has 1 aromatic heterocycles. The normalized spacial score (nSPS) is 11.9. The van der Waals surface area contributed by atoms with Crippen LogP contribution >= 0.6 is 11.3 Å². The molecule has 0 aliphatic rings. The van der Waals surface area contributed by atoms with Crippen molar-refractivity contribution < 1.29 is 19.1 Å². The summed E-state index contributed by atoms with van der Waals surface area (Å²) in [5.74, 6) is -2.32. The molecule has 0 spiro atoms. The standard InChI is InChI=1S/C13H12FN3O3S/c14-10-3-1-8(2-4-10)9(6-12(19)20)5-11(18)16-13-17-15-7-21-13/h1-4,7,9H,5-6H2,(H,19,20)(H,16,17,18). The quantitative estimate of drug-likeness (QED) is 0.854. The summed E-state index contributed by atoms with van der Waals surface area (Å²) < 4.78 is 12.9. The van der Waals surface area contributed by atoms with Gasteiger partial charge in [-0.05, 0) is 17.7 Å². The van der Waals surface area contributed by atoms with E-state index in [1.165, 1.54) is 41.1 Å². The smallest absolute Gasteiger partial charge is 0.303 e. The van der Waals surface area contributed by atoms with E-state index in [1.807, 2.05) is 0 Å². The zero-order valence-electron chi connectivity index (χ0n) is 10.8. The largest absolute Gasteiger partial charge is 0.481 e. The minimum absolute atomic E-state index is 0.0302. The van der Waals surface area contributed by atoms with Gasteiger partial charge < -0.3 is 10.4 Å². The molecule has 21 heavy (non-hydrogen) atoms. The van der Waals surface area contributed by atoms with E-state index in [1.54, 1.807) is 0 Å². The second kappa shape index (κ2) is 6.89. The number of halogens is 1. The first-order valence-corrected chi connectivity index (χ1v) is 6.96. The number of carboxylic acid groups (broad SMARTS) is 1. The van der Waals surface area contributed by atoms with Crippen molar-refractivity contribution in [2.45, 2.75) is 18.8 Å². The molecule has 1 atom stereocenters. The van der Waals surface area contributed by atoms with Crippen molar-refractivity contribution in [2.24, 2.45) is 0 Å². The number of nitrogens with zero attached hydrogens (tertiary/aromatic N) is 2. The molecule has 8 heteroatoms. The molecule has 6 nitrogen and oxygen atoms in total. The number of hydrogen-bond donors (Lipinski definition) is 2. The summed E-state index contributed by atoms with van der Waals surface area (Å²) in [7, 11) is 0. The predicted octanol–water partition coefficient (Wildman–Crippen LogP) is 2.26. The molecule has 1 unspecified atom stereocenters. The average Bonchev–Trinajstić information content (AvgIpc) is 2.91. The molecule has 0 aliphatic heterocycles. The Hall–Kier alpha value is -2.35. The van der Waals surface area contributed by atoms with E-state index in [2.05, 4.69) is 15.5 Å². The van der Waals surface area contributed by atoms with Crippen molar-refractivity contribution in [3.05, 3.63) is 41.2 Å². The van der Waals surface area contributed by atoms with E-state index in [4.69, 9.17) is 5.11 Å². The first-order valence-electron chi connectivity index (χ1n) is 6.08. The molecular weight excluding hydrogens is 297 g/mol. The van der Waals surface area contributed by atoms with Crippen molar-refractivity contribution in [1.82, 2.24) is 10.2 Å². The number of nitrogens with one attached hydrogen (secondary N) is 1. The van der Waals surface area contributed by atoms with Crippen molar-refractivity contribution in [1.29, 1.82) is 0 Å². The van der Waals surface area contributed by atoms with Crippen LogP contribution in [0.1, 0.15) is 24.3 Å². The van der Waals surface area contributed by atoms with Crippen LogP contribution in [0.2, 0.25) is 0 Å². The van der Waals surface area contributed by atoms with Crippen LogP contribution in [0, 0.1) is 5.82 Å². The second-order valence-corrected chi connectivity index (χ2v) is 5.18. The third-order valence-electron chi connectivity index (χ3n) is 2.80. The maximum atomic E-state index is 12.9. The van der Waals surface area contributed by atoms with Crippen LogP contribution in [0.3, 0.4) is 0 Å². The Kier molecular flexibility index (Phi) is 4.94. The summed E-state index contributed by atoms with van der Waals surface area (Å²) >= 11 is 1.17. The molecule has 2 N–H and O–H groups in total. The van der Waals surface area contributed by atoms with Crippen LogP contribution in [0.5, 0.6) is 0 Å². The maximum Gasteiger partial charge on any atom is 0.303 e. The number of anilines is 1. The Labute approximate surface area is 123 Å². The topological polar surface area (TPSA) is 92.2 Å². The second-order valence-electron chi connectivity index (χ2n) is 4.34. The fourth-order valence-electron chi connectivity index (χ4n) is 1.88. The number of carbonyl (C=O) groups is 2. The predicted molar refractivity (Wildman–Crippen MR) is 74.5 cm³/mol. The highest BCUT2D eigenvalue weighted by Crippen LogP contribution is 2.24. The molecule has 0 saturated heterocycles. The SMILES string of the molecule is O=C(O)CC(CC(=O)Nc1nncs1)c1ccc(F)cc1. The summed E-state index contributed by atoms with van der Waals surface area (Å²) in [6.07, 6.45) is -0.243.